The molecule has 1 aromatic heterocycles. The summed E-state index contributed by atoms with van der Waals surface area (Å²) in [6.07, 6.45) is 4.45. The second-order valence-electron chi connectivity index (χ2n) is 3.93. The van der Waals surface area contributed by atoms with Crippen LogP contribution < -0.4 is 11.1 Å². The van der Waals surface area contributed by atoms with Gasteiger partial charge in [0.25, 0.3) is 0 Å². The Bertz CT molecular complexity index is 289. The lowest BCUT2D eigenvalue weighted by Crippen LogP contribution is -2.28. The van der Waals surface area contributed by atoms with E-state index in [4.69, 9.17) is 5.73 Å². The Morgan fingerprint density at radius 2 is 2.57 bits per heavy atom. The van der Waals surface area contributed by atoms with Gasteiger partial charge in [-0.25, -0.2) is 4.98 Å². The highest BCUT2D eigenvalue weighted by molar-refractivity contribution is 7.11. The number of nitrogens with one attached hydrogen (secondary N) is 1. The molecule has 2 unspecified atom stereocenters. The highest BCUT2D eigenvalue weighted by Crippen LogP contribution is 2.28. The number of nitrogens with two attached hydrogens (primary N) is 1. The molecule has 2 rings (SSSR count). The summed E-state index contributed by atoms with van der Waals surface area (Å²) >= 11 is 1.77. The number of piperidine rings is 1. The molecule has 78 valence electrons. The van der Waals surface area contributed by atoms with Crippen LogP contribution in [0.1, 0.15) is 41.6 Å². The monoisotopic (exact) mass is 211 g/mol. The minimum atomic E-state index is 0.123. The SMILES string of the molecule is CC(N)c1cnc(C2CCCNC2)s1. The third kappa shape index (κ3) is 2.13. The minimum Gasteiger partial charge on any atom is -0.323 e. The van der Waals surface area contributed by atoms with Crippen LogP contribution >= 0.6 is 11.3 Å². The molecule has 1 aliphatic heterocycles. The molecule has 0 bridgehead atoms. The van der Waals surface area contributed by atoms with Crippen LogP contribution in [0.5, 0.6) is 0 Å². The average molecular weight is 211 g/mol. The predicted octanol–water partition coefficient (Wildman–Crippen LogP) is 1.63. The van der Waals surface area contributed by atoms with Crippen LogP contribution in [0.4, 0.5) is 0 Å². The number of hydrogen-bond donors (Lipinski definition) is 2. The predicted molar refractivity (Wildman–Crippen MR) is 59.6 cm³/mol. The molecule has 0 aliphatic carbocycles. The summed E-state index contributed by atoms with van der Waals surface area (Å²) in [7, 11) is 0. The molecule has 14 heavy (non-hydrogen) atoms. The Kier molecular flexibility index (Phi) is 3.15. The van der Waals surface area contributed by atoms with E-state index < -0.39 is 0 Å². The van der Waals surface area contributed by atoms with Gasteiger partial charge < -0.3 is 11.1 Å². The van der Waals surface area contributed by atoms with Gasteiger partial charge in [0.2, 0.25) is 0 Å². The number of aromatic nitrogens is 1. The Hall–Kier alpha value is -0.450. The summed E-state index contributed by atoms with van der Waals surface area (Å²) in [6, 6.07) is 0.123. The maximum atomic E-state index is 5.81. The van der Waals surface area contributed by atoms with Crippen molar-refractivity contribution in [1.82, 2.24) is 10.3 Å². The lowest BCUT2D eigenvalue weighted by molar-refractivity contribution is 0.460. The van der Waals surface area contributed by atoms with Gasteiger partial charge in [0.1, 0.15) is 0 Å². The maximum Gasteiger partial charge on any atom is 0.0971 e. The molecular formula is C10H17N3S. The van der Waals surface area contributed by atoms with E-state index in [2.05, 4.69) is 10.3 Å². The molecule has 4 heteroatoms. The molecule has 3 N–H and O–H groups in total. The van der Waals surface area contributed by atoms with E-state index in [1.165, 1.54) is 22.7 Å². The van der Waals surface area contributed by atoms with Gasteiger partial charge >= 0.3 is 0 Å². The van der Waals surface area contributed by atoms with Crippen molar-refractivity contribution in [2.75, 3.05) is 13.1 Å². The largest absolute Gasteiger partial charge is 0.323 e. The first-order valence-corrected chi connectivity index (χ1v) is 6.01. The molecule has 0 amide bonds. The fourth-order valence-corrected chi connectivity index (χ4v) is 2.77. The van der Waals surface area contributed by atoms with E-state index in [9.17, 15) is 0 Å². The molecule has 1 aliphatic rings. The lowest BCUT2D eigenvalue weighted by Gasteiger charge is -2.20. The van der Waals surface area contributed by atoms with E-state index >= 15 is 0 Å². The van der Waals surface area contributed by atoms with Gasteiger partial charge in [0, 0.05) is 29.6 Å². The van der Waals surface area contributed by atoms with Crippen molar-refractivity contribution in [3.63, 3.8) is 0 Å². The van der Waals surface area contributed by atoms with Crippen molar-refractivity contribution in [1.29, 1.82) is 0 Å². The highest BCUT2D eigenvalue weighted by Gasteiger charge is 2.18. The summed E-state index contributed by atoms with van der Waals surface area (Å²) in [5, 5.41) is 4.66. The van der Waals surface area contributed by atoms with Gasteiger partial charge in [-0.1, -0.05) is 0 Å². The van der Waals surface area contributed by atoms with Crippen molar-refractivity contribution in [3.8, 4) is 0 Å². The molecule has 0 spiro atoms. The van der Waals surface area contributed by atoms with E-state index in [-0.39, 0.29) is 6.04 Å². The highest BCUT2D eigenvalue weighted by atomic mass is 32.1. The van der Waals surface area contributed by atoms with Crippen LogP contribution in [0.25, 0.3) is 0 Å². The van der Waals surface area contributed by atoms with Crippen LogP contribution in [-0.4, -0.2) is 18.1 Å². The van der Waals surface area contributed by atoms with Gasteiger partial charge in [0.15, 0.2) is 0 Å². The second-order valence-corrected chi connectivity index (χ2v) is 5.03. The lowest BCUT2D eigenvalue weighted by atomic mass is 10.0. The van der Waals surface area contributed by atoms with E-state index in [1.54, 1.807) is 11.3 Å². The average Bonchev–Trinajstić information content (AvgIpc) is 2.68. The number of thiazole rings is 1. The number of nitrogens with zero attached hydrogens (tertiary/aromatic N) is 1. The Morgan fingerprint density at radius 3 is 3.14 bits per heavy atom. The topological polar surface area (TPSA) is 50.9 Å². The van der Waals surface area contributed by atoms with Crippen molar-refractivity contribution in [3.05, 3.63) is 16.1 Å². The fourth-order valence-electron chi connectivity index (χ4n) is 1.76. The van der Waals surface area contributed by atoms with E-state index in [0.717, 1.165) is 13.1 Å². The third-order valence-corrected chi connectivity index (χ3v) is 4.00. The molecular weight excluding hydrogens is 194 g/mol. The summed E-state index contributed by atoms with van der Waals surface area (Å²) in [5.41, 5.74) is 5.81. The molecule has 0 saturated carbocycles. The molecule has 1 saturated heterocycles. The van der Waals surface area contributed by atoms with E-state index in [1.807, 2.05) is 13.1 Å². The van der Waals surface area contributed by atoms with Crippen molar-refractivity contribution < 1.29 is 0 Å². The maximum absolute atomic E-state index is 5.81. The molecule has 0 aromatic carbocycles. The summed E-state index contributed by atoms with van der Waals surface area (Å²) in [6.45, 7) is 4.24. The first-order valence-electron chi connectivity index (χ1n) is 5.19. The van der Waals surface area contributed by atoms with Crippen LogP contribution in [0, 0.1) is 0 Å². The molecule has 0 radical (unpaired) electrons. The van der Waals surface area contributed by atoms with E-state index in [0.29, 0.717) is 5.92 Å². The van der Waals surface area contributed by atoms with Crippen LogP contribution in [-0.2, 0) is 0 Å². The molecule has 1 fully saturated rings. The molecule has 2 heterocycles. The molecule has 2 atom stereocenters. The normalized spacial score (nSPS) is 24.9. The van der Waals surface area contributed by atoms with Crippen LogP contribution in [0.15, 0.2) is 6.20 Å². The minimum absolute atomic E-state index is 0.123. The summed E-state index contributed by atoms with van der Waals surface area (Å²) < 4.78 is 0. The quantitative estimate of drug-likeness (QED) is 0.781. The third-order valence-electron chi connectivity index (χ3n) is 2.64. The molecule has 1 aromatic rings. The standard InChI is InChI=1S/C10H17N3S/c1-7(11)9-6-13-10(14-9)8-3-2-4-12-5-8/h6-8,12H,2-5,11H2,1H3. The number of hydrogen-bond acceptors (Lipinski definition) is 4. The van der Waals surface area contributed by atoms with Crippen molar-refractivity contribution >= 4 is 11.3 Å². The van der Waals surface area contributed by atoms with Gasteiger partial charge in [-0.15, -0.1) is 11.3 Å². The zero-order chi connectivity index (χ0) is 9.97. The number of rotatable bonds is 2. The van der Waals surface area contributed by atoms with Crippen molar-refractivity contribution in [2.24, 2.45) is 5.73 Å². The Labute approximate surface area is 88.7 Å². The Morgan fingerprint density at radius 1 is 1.71 bits per heavy atom. The fraction of sp³-hybridized carbons (Fsp3) is 0.700. The van der Waals surface area contributed by atoms with Crippen molar-refractivity contribution in [2.45, 2.75) is 31.7 Å². The first-order chi connectivity index (χ1) is 6.77. The van der Waals surface area contributed by atoms with Gasteiger partial charge in [-0.05, 0) is 26.3 Å². The van der Waals surface area contributed by atoms with Crippen LogP contribution in [0.2, 0.25) is 0 Å². The zero-order valence-electron chi connectivity index (χ0n) is 8.49. The Balaban J connectivity index is 2.07. The van der Waals surface area contributed by atoms with Gasteiger partial charge in [0.05, 0.1) is 5.01 Å². The second kappa shape index (κ2) is 4.38. The summed E-state index contributed by atoms with van der Waals surface area (Å²) in [4.78, 5) is 5.66. The smallest absolute Gasteiger partial charge is 0.0971 e. The van der Waals surface area contributed by atoms with Crippen LogP contribution in [0.3, 0.4) is 0 Å². The van der Waals surface area contributed by atoms with Gasteiger partial charge in [-0.3, -0.25) is 0 Å². The first kappa shape index (κ1) is 10.1. The zero-order valence-corrected chi connectivity index (χ0v) is 9.31. The summed E-state index contributed by atoms with van der Waals surface area (Å²) in [5.74, 6) is 0.612. The van der Waals surface area contributed by atoms with Gasteiger partial charge in [-0.2, -0.15) is 0 Å². The molecule has 3 nitrogen and oxygen atoms in total.